The molecule has 2 N–H and O–H groups in total. The molecule has 0 spiro atoms. The largest absolute Gasteiger partial charge is 0.354 e. The van der Waals surface area contributed by atoms with Crippen LogP contribution in [0.25, 0.3) is 11.3 Å². The standard InChI is InChI=1S/C29H29ClN4O2/c1-33(26(35)19-34-16-6-3-7-17-34)23-13-11-22(12-14-23)31-28(20-8-4-2-5-9-20)27-24-15-10-21(30)18-25(24)32-29(27)36/h2,4-5,8-15,18,31H,3,6-7,16-17,19H2,1H3,(H,32,36)/b28-27-. The van der Waals surface area contributed by atoms with Crippen LogP contribution in [-0.4, -0.2) is 43.4 Å². The summed E-state index contributed by atoms with van der Waals surface area (Å²) >= 11 is 6.15. The Balaban J connectivity index is 1.40. The molecule has 0 radical (unpaired) electrons. The van der Waals surface area contributed by atoms with Crippen LogP contribution in [0.1, 0.15) is 30.4 Å². The fourth-order valence-electron chi connectivity index (χ4n) is 4.75. The summed E-state index contributed by atoms with van der Waals surface area (Å²) in [6.07, 6.45) is 3.56. The first-order chi connectivity index (χ1) is 17.5. The lowest BCUT2D eigenvalue weighted by Crippen LogP contribution is -2.40. The molecule has 0 bridgehead atoms. The second-order valence-corrected chi connectivity index (χ2v) is 9.66. The van der Waals surface area contributed by atoms with Gasteiger partial charge in [-0.1, -0.05) is 54.4 Å². The van der Waals surface area contributed by atoms with Crippen molar-refractivity contribution in [3.8, 4) is 0 Å². The summed E-state index contributed by atoms with van der Waals surface area (Å²) in [7, 11) is 1.82. The maximum atomic E-state index is 13.0. The number of nitrogens with zero attached hydrogens (tertiary/aromatic N) is 2. The highest BCUT2D eigenvalue weighted by atomic mass is 35.5. The van der Waals surface area contributed by atoms with Gasteiger partial charge in [0, 0.05) is 29.0 Å². The van der Waals surface area contributed by atoms with E-state index in [0.717, 1.165) is 48.4 Å². The quantitative estimate of drug-likeness (QED) is 0.425. The molecule has 2 aliphatic rings. The number of halogens is 1. The summed E-state index contributed by atoms with van der Waals surface area (Å²) in [5, 5.41) is 6.95. The van der Waals surface area contributed by atoms with Crippen molar-refractivity contribution in [2.24, 2.45) is 0 Å². The Bertz CT molecular complexity index is 1300. The van der Waals surface area contributed by atoms with Gasteiger partial charge in [-0.25, -0.2) is 0 Å². The summed E-state index contributed by atoms with van der Waals surface area (Å²) in [5.41, 5.74) is 5.30. The minimum atomic E-state index is -0.182. The zero-order valence-electron chi connectivity index (χ0n) is 20.3. The Morgan fingerprint density at radius 2 is 1.72 bits per heavy atom. The number of hydrogen-bond acceptors (Lipinski definition) is 4. The summed E-state index contributed by atoms with van der Waals surface area (Å²) in [4.78, 5) is 29.8. The predicted molar refractivity (Wildman–Crippen MR) is 147 cm³/mol. The molecule has 184 valence electrons. The van der Waals surface area contributed by atoms with E-state index in [1.807, 2.05) is 67.7 Å². The Labute approximate surface area is 216 Å². The predicted octanol–water partition coefficient (Wildman–Crippen LogP) is 5.72. The monoisotopic (exact) mass is 500 g/mol. The molecule has 0 saturated carbocycles. The van der Waals surface area contributed by atoms with Crippen LogP contribution in [0, 0.1) is 0 Å². The van der Waals surface area contributed by atoms with Gasteiger partial charge in [0.05, 0.1) is 23.5 Å². The van der Waals surface area contributed by atoms with Gasteiger partial charge in [0.25, 0.3) is 5.91 Å². The van der Waals surface area contributed by atoms with Crippen molar-refractivity contribution in [3.63, 3.8) is 0 Å². The van der Waals surface area contributed by atoms with E-state index < -0.39 is 0 Å². The second-order valence-electron chi connectivity index (χ2n) is 9.22. The van der Waals surface area contributed by atoms with Gasteiger partial charge in [-0.15, -0.1) is 0 Å². The summed E-state index contributed by atoms with van der Waals surface area (Å²) in [6.45, 7) is 2.42. The van der Waals surface area contributed by atoms with Crippen LogP contribution in [0.2, 0.25) is 5.02 Å². The maximum absolute atomic E-state index is 13.0. The lowest BCUT2D eigenvalue weighted by atomic mass is 10.00. The van der Waals surface area contributed by atoms with E-state index in [2.05, 4.69) is 15.5 Å². The molecule has 1 saturated heterocycles. The third kappa shape index (κ3) is 5.15. The van der Waals surface area contributed by atoms with Gasteiger partial charge in [-0.05, 0) is 67.9 Å². The van der Waals surface area contributed by atoms with Gasteiger partial charge in [-0.2, -0.15) is 0 Å². The van der Waals surface area contributed by atoms with Crippen LogP contribution in [-0.2, 0) is 9.59 Å². The van der Waals surface area contributed by atoms with Crippen molar-refractivity contribution in [2.75, 3.05) is 42.2 Å². The number of carbonyl (C=O) groups excluding carboxylic acids is 2. The van der Waals surface area contributed by atoms with Crippen molar-refractivity contribution in [1.82, 2.24) is 4.90 Å². The van der Waals surface area contributed by atoms with E-state index in [4.69, 9.17) is 11.6 Å². The number of hydrogen-bond donors (Lipinski definition) is 2. The molecule has 5 rings (SSSR count). The first-order valence-electron chi connectivity index (χ1n) is 12.3. The highest BCUT2D eigenvalue weighted by molar-refractivity contribution is 6.38. The maximum Gasteiger partial charge on any atom is 0.258 e. The lowest BCUT2D eigenvalue weighted by molar-refractivity contribution is -0.119. The van der Waals surface area contributed by atoms with Crippen LogP contribution < -0.4 is 15.5 Å². The molecule has 0 aromatic heterocycles. The van der Waals surface area contributed by atoms with E-state index in [1.54, 1.807) is 17.0 Å². The van der Waals surface area contributed by atoms with E-state index in [0.29, 0.717) is 28.5 Å². The van der Waals surface area contributed by atoms with Gasteiger partial charge in [0.1, 0.15) is 0 Å². The molecule has 7 heteroatoms. The minimum absolute atomic E-state index is 0.0857. The van der Waals surface area contributed by atoms with Crippen molar-refractivity contribution in [1.29, 1.82) is 0 Å². The summed E-state index contributed by atoms with van der Waals surface area (Å²) < 4.78 is 0. The number of carbonyl (C=O) groups is 2. The van der Waals surface area contributed by atoms with Crippen molar-refractivity contribution in [2.45, 2.75) is 19.3 Å². The molecule has 2 heterocycles. The van der Waals surface area contributed by atoms with E-state index in [1.165, 1.54) is 6.42 Å². The molecule has 36 heavy (non-hydrogen) atoms. The molecule has 0 unspecified atom stereocenters. The van der Waals surface area contributed by atoms with Crippen LogP contribution in [0.3, 0.4) is 0 Å². The first kappa shape index (κ1) is 24.1. The molecule has 3 aromatic rings. The molecule has 2 aliphatic heterocycles. The van der Waals surface area contributed by atoms with E-state index in [9.17, 15) is 9.59 Å². The van der Waals surface area contributed by atoms with Crippen LogP contribution in [0.4, 0.5) is 17.1 Å². The number of likely N-dealkylation sites (tertiary alicyclic amines) is 1. The van der Waals surface area contributed by atoms with Crippen molar-refractivity contribution < 1.29 is 9.59 Å². The van der Waals surface area contributed by atoms with Gasteiger partial charge >= 0.3 is 0 Å². The smallest absolute Gasteiger partial charge is 0.258 e. The van der Waals surface area contributed by atoms with Gasteiger partial charge in [-0.3, -0.25) is 14.5 Å². The van der Waals surface area contributed by atoms with Crippen LogP contribution in [0.15, 0.2) is 72.8 Å². The highest BCUT2D eigenvalue weighted by Crippen LogP contribution is 2.38. The molecule has 6 nitrogen and oxygen atoms in total. The number of likely N-dealkylation sites (N-methyl/N-ethyl adjacent to an activating group) is 1. The van der Waals surface area contributed by atoms with Gasteiger partial charge < -0.3 is 15.5 Å². The molecule has 0 atom stereocenters. The Morgan fingerprint density at radius 1 is 1.00 bits per heavy atom. The number of anilines is 3. The molecule has 3 aromatic carbocycles. The summed E-state index contributed by atoms with van der Waals surface area (Å²) in [5.74, 6) is -0.0964. The van der Waals surface area contributed by atoms with E-state index >= 15 is 0 Å². The first-order valence-corrected chi connectivity index (χ1v) is 12.6. The Hall–Kier alpha value is -3.61. The Morgan fingerprint density at radius 3 is 2.44 bits per heavy atom. The number of piperidine rings is 1. The lowest BCUT2D eigenvalue weighted by Gasteiger charge is -2.28. The normalized spacial score (nSPS) is 16.8. The minimum Gasteiger partial charge on any atom is -0.354 e. The average Bonchev–Trinajstić information content (AvgIpc) is 3.22. The zero-order chi connectivity index (χ0) is 25.1. The fourth-order valence-corrected chi connectivity index (χ4v) is 4.92. The van der Waals surface area contributed by atoms with E-state index in [-0.39, 0.29) is 11.8 Å². The highest BCUT2D eigenvalue weighted by Gasteiger charge is 2.28. The van der Waals surface area contributed by atoms with Crippen molar-refractivity contribution in [3.05, 3.63) is 88.9 Å². The van der Waals surface area contributed by atoms with Gasteiger partial charge in [0.15, 0.2) is 0 Å². The number of benzene rings is 3. The number of nitrogens with one attached hydrogen (secondary N) is 2. The summed E-state index contributed by atoms with van der Waals surface area (Å²) in [6, 6.07) is 22.9. The third-order valence-corrected chi connectivity index (χ3v) is 6.98. The molecule has 2 amide bonds. The molecular weight excluding hydrogens is 472 g/mol. The third-order valence-electron chi connectivity index (χ3n) is 6.74. The fraction of sp³-hybridized carbons (Fsp3) is 0.241. The zero-order valence-corrected chi connectivity index (χ0v) is 21.0. The molecule has 0 aliphatic carbocycles. The SMILES string of the molecule is CN(C(=O)CN1CCCCC1)c1ccc(N/C(=C2\C(=O)Nc3cc(Cl)ccc32)c2ccccc2)cc1. The Kier molecular flexibility index (Phi) is 7.07. The number of amides is 2. The number of rotatable bonds is 6. The average molecular weight is 501 g/mol. The molecule has 1 fully saturated rings. The molecular formula is C29H29ClN4O2. The van der Waals surface area contributed by atoms with Crippen LogP contribution >= 0.6 is 11.6 Å². The number of fused-ring (bicyclic) bond motifs is 1. The topological polar surface area (TPSA) is 64.7 Å². The van der Waals surface area contributed by atoms with Gasteiger partial charge in [0.2, 0.25) is 5.91 Å². The van der Waals surface area contributed by atoms with Crippen LogP contribution in [0.5, 0.6) is 0 Å². The second kappa shape index (κ2) is 10.6. The van der Waals surface area contributed by atoms with Crippen molar-refractivity contribution >= 4 is 51.7 Å².